The first-order valence-electron chi connectivity index (χ1n) is 5.15. The number of likely N-dealkylation sites (N-methyl/N-ethyl adjacent to an activating group) is 1. The molecule has 1 aromatic rings. The topological polar surface area (TPSA) is 32.3 Å². The molecule has 0 fully saturated rings. The average Bonchev–Trinajstić information content (AvgIpc) is 2.22. The van der Waals surface area contributed by atoms with Crippen molar-refractivity contribution < 1.29 is 5.11 Å². The van der Waals surface area contributed by atoms with Crippen LogP contribution < -0.4 is 5.32 Å². The fourth-order valence-corrected chi connectivity index (χ4v) is 1.56. The van der Waals surface area contributed by atoms with Crippen LogP contribution in [0.25, 0.3) is 0 Å². The third-order valence-corrected chi connectivity index (χ3v) is 3.12. The SMILES string of the molecule is CN[C@@H](C)C(O)Cc1ccc(Cl)c(C)c1. The van der Waals surface area contributed by atoms with Crippen LogP contribution in [0.2, 0.25) is 5.02 Å². The zero-order valence-electron chi connectivity index (χ0n) is 9.42. The zero-order chi connectivity index (χ0) is 11.4. The van der Waals surface area contributed by atoms with E-state index in [1.54, 1.807) is 0 Å². The number of nitrogens with one attached hydrogen (secondary N) is 1. The highest BCUT2D eigenvalue weighted by atomic mass is 35.5. The van der Waals surface area contributed by atoms with Crippen molar-refractivity contribution in [2.24, 2.45) is 0 Å². The highest BCUT2D eigenvalue weighted by Crippen LogP contribution is 2.17. The van der Waals surface area contributed by atoms with Crippen LogP contribution in [0.3, 0.4) is 0 Å². The summed E-state index contributed by atoms with van der Waals surface area (Å²) in [6.45, 7) is 3.94. The molecule has 15 heavy (non-hydrogen) atoms. The van der Waals surface area contributed by atoms with Gasteiger partial charge in [-0.2, -0.15) is 0 Å². The molecule has 0 aliphatic carbocycles. The van der Waals surface area contributed by atoms with Crippen LogP contribution in [0.1, 0.15) is 18.1 Å². The fraction of sp³-hybridized carbons (Fsp3) is 0.500. The van der Waals surface area contributed by atoms with Crippen LogP contribution in [-0.2, 0) is 6.42 Å². The van der Waals surface area contributed by atoms with Gasteiger partial charge in [-0.05, 0) is 44.5 Å². The number of rotatable bonds is 4. The third-order valence-electron chi connectivity index (χ3n) is 2.70. The predicted molar refractivity (Wildman–Crippen MR) is 64.4 cm³/mol. The van der Waals surface area contributed by atoms with Gasteiger partial charge in [-0.15, -0.1) is 0 Å². The molecule has 1 unspecified atom stereocenters. The number of aryl methyl sites for hydroxylation is 1. The van der Waals surface area contributed by atoms with E-state index in [1.165, 1.54) is 0 Å². The molecule has 0 amide bonds. The maximum absolute atomic E-state index is 9.84. The van der Waals surface area contributed by atoms with E-state index >= 15 is 0 Å². The summed E-state index contributed by atoms with van der Waals surface area (Å²) in [7, 11) is 1.85. The zero-order valence-corrected chi connectivity index (χ0v) is 10.2. The van der Waals surface area contributed by atoms with Crippen LogP contribution in [0.15, 0.2) is 18.2 Å². The van der Waals surface area contributed by atoms with Crippen LogP contribution >= 0.6 is 11.6 Å². The van der Waals surface area contributed by atoms with Gasteiger partial charge in [-0.25, -0.2) is 0 Å². The van der Waals surface area contributed by atoms with E-state index in [2.05, 4.69) is 5.32 Å². The number of benzene rings is 1. The molecular formula is C12H18ClNO. The molecule has 0 heterocycles. The van der Waals surface area contributed by atoms with Gasteiger partial charge in [-0.1, -0.05) is 23.7 Å². The largest absolute Gasteiger partial charge is 0.391 e. The van der Waals surface area contributed by atoms with Gasteiger partial charge in [0.05, 0.1) is 6.10 Å². The summed E-state index contributed by atoms with van der Waals surface area (Å²) in [6.07, 6.45) is 0.288. The lowest BCUT2D eigenvalue weighted by Gasteiger charge is -2.18. The van der Waals surface area contributed by atoms with Crippen molar-refractivity contribution in [1.29, 1.82) is 0 Å². The maximum atomic E-state index is 9.84. The second-order valence-corrected chi connectivity index (χ2v) is 4.34. The van der Waals surface area contributed by atoms with Crippen LogP contribution in [-0.4, -0.2) is 24.3 Å². The molecule has 1 aromatic carbocycles. The van der Waals surface area contributed by atoms with Crippen molar-refractivity contribution in [1.82, 2.24) is 5.32 Å². The molecule has 2 atom stereocenters. The number of aliphatic hydroxyl groups is 1. The molecular weight excluding hydrogens is 210 g/mol. The minimum atomic E-state index is -0.365. The molecule has 0 spiro atoms. The molecule has 0 aliphatic heterocycles. The van der Waals surface area contributed by atoms with Gasteiger partial charge >= 0.3 is 0 Å². The predicted octanol–water partition coefficient (Wildman–Crippen LogP) is 2.16. The Hall–Kier alpha value is -0.570. The number of halogens is 1. The number of hydrogen-bond acceptors (Lipinski definition) is 2. The molecule has 2 nitrogen and oxygen atoms in total. The molecule has 0 saturated heterocycles. The first-order valence-corrected chi connectivity index (χ1v) is 5.52. The van der Waals surface area contributed by atoms with E-state index in [0.717, 1.165) is 16.1 Å². The van der Waals surface area contributed by atoms with Gasteiger partial charge in [0.15, 0.2) is 0 Å². The van der Waals surface area contributed by atoms with Crippen LogP contribution in [0.4, 0.5) is 0 Å². The van der Waals surface area contributed by atoms with Gasteiger partial charge in [-0.3, -0.25) is 0 Å². The van der Waals surface area contributed by atoms with Crippen molar-refractivity contribution >= 4 is 11.6 Å². The summed E-state index contributed by atoms with van der Waals surface area (Å²) in [5.74, 6) is 0. The summed E-state index contributed by atoms with van der Waals surface area (Å²) >= 11 is 5.93. The highest BCUT2D eigenvalue weighted by molar-refractivity contribution is 6.31. The molecule has 2 N–H and O–H groups in total. The van der Waals surface area contributed by atoms with Gasteiger partial charge in [0, 0.05) is 11.1 Å². The van der Waals surface area contributed by atoms with E-state index in [0.29, 0.717) is 6.42 Å². The number of hydrogen-bond donors (Lipinski definition) is 2. The first kappa shape index (κ1) is 12.5. The Balaban J connectivity index is 2.68. The third kappa shape index (κ3) is 3.49. The minimum absolute atomic E-state index is 0.0981. The monoisotopic (exact) mass is 227 g/mol. The minimum Gasteiger partial charge on any atom is -0.391 e. The van der Waals surface area contributed by atoms with E-state index in [-0.39, 0.29) is 12.1 Å². The summed E-state index contributed by atoms with van der Waals surface area (Å²) in [6, 6.07) is 5.96. The summed E-state index contributed by atoms with van der Waals surface area (Å²) in [4.78, 5) is 0. The van der Waals surface area contributed by atoms with Crippen molar-refractivity contribution in [3.63, 3.8) is 0 Å². The lowest BCUT2D eigenvalue weighted by Crippen LogP contribution is -2.36. The standard InChI is InChI=1S/C12H18ClNO/c1-8-6-10(4-5-11(8)13)7-12(15)9(2)14-3/h4-6,9,12,14-15H,7H2,1-3H3/t9-,12?/m0/s1. The number of aliphatic hydroxyl groups excluding tert-OH is 1. The fourth-order valence-electron chi connectivity index (χ4n) is 1.44. The van der Waals surface area contributed by atoms with E-state index < -0.39 is 0 Å². The normalized spacial score (nSPS) is 15.0. The lowest BCUT2D eigenvalue weighted by molar-refractivity contribution is 0.138. The van der Waals surface area contributed by atoms with Crippen molar-refractivity contribution in [2.45, 2.75) is 32.4 Å². The van der Waals surface area contributed by atoms with Crippen LogP contribution in [0.5, 0.6) is 0 Å². The van der Waals surface area contributed by atoms with Gasteiger partial charge in [0.25, 0.3) is 0 Å². The van der Waals surface area contributed by atoms with E-state index in [1.807, 2.05) is 39.1 Å². The maximum Gasteiger partial charge on any atom is 0.0730 e. The summed E-state index contributed by atoms with van der Waals surface area (Å²) in [5, 5.41) is 13.6. The van der Waals surface area contributed by atoms with Gasteiger partial charge in [0.1, 0.15) is 0 Å². The van der Waals surface area contributed by atoms with E-state index in [9.17, 15) is 5.11 Å². The molecule has 0 aliphatic rings. The van der Waals surface area contributed by atoms with Crippen molar-refractivity contribution in [3.05, 3.63) is 34.3 Å². The average molecular weight is 228 g/mol. The quantitative estimate of drug-likeness (QED) is 0.827. The molecule has 0 radical (unpaired) electrons. The summed E-state index contributed by atoms with van der Waals surface area (Å²) < 4.78 is 0. The van der Waals surface area contributed by atoms with Crippen molar-refractivity contribution in [3.8, 4) is 0 Å². The molecule has 3 heteroatoms. The Bertz CT molecular complexity index is 327. The Morgan fingerprint density at radius 3 is 2.67 bits per heavy atom. The molecule has 0 saturated carbocycles. The Labute approximate surface area is 96.3 Å². The lowest BCUT2D eigenvalue weighted by atomic mass is 10.0. The molecule has 0 aromatic heterocycles. The van der Waals surface area contributed by atoms with E-state index in [4.69, 9.17) is 11.6 Å². The summed E-state index contributed by atoms with van der Waals surface area (Å²) in [5.41, 5.74) is 2.17. The Kier molecular flexibility index (Phi) is 4.58. The first-order chi connectivity index (χ1) is 7.04. The van der Waals surface area contributed by atoms with Crippen LogP contribution in [0, 0.1) is 6.92 Å². The smallest absolute Gasteiger partial charge is 0.0730 e. The van der Waals surface area contributed by atoms with Gasteiger partial charge in [0.2, 0.25) is 0 Å². The molecule has 0 bridgehead atoms. The second kappa shape index (κ2) is 5.50. The Morgan fingerprint density at radius 1 is 1.47 bits per heavy atom. The van der Waals surface area contributed by atoms with Crippen molar-refractivity contribution in [2.75, 3.05) is 7.05 Å². The highest BCUT2D eigenvalue weighted by Gasteiger charge is 2.12. The molecule has 84 valence electrons. The second-order valence-electron chi connectivity index (χ2n) is 3.93. The van der Waals surface area contributed by atoms with Gasteiger partial charge < -0.3 is 10.4 Å². The Morgan fingerprint density at radius 2 is 2.13 bits per heavy atom. The molecule has 1 rings (SSSR count).